The van der Waals surface area contributed by atoms with Crippen LogP contribution < -0.4 is 39.1 Å². The second-order valence-electron chi connectivity index (χ2n) is 11.6. The Bertz CT molecular complexity index is 2350. The zero-order valence-corrected chi connectivity index (χ0v) is 32.7. The van der Waals surface area contributed by atoms with Crippen molar-refractivity contribution in [2.75, 3.05) is 52.3 Å². The lowest BCUT2D eigenvalue weighted by molar-refractivity contribution is 0.235. The summed E-state index contributed by atoms with van der Waals surface area (Å²) in [6.07, 6.45) is 3.41. The van der Waals surface area contributed by atoms with Crippen LogP contribution in [0.1, 0.15) is 17.5 Å². The van der Waals surface area contributed by atoms with E-state index < -0.39 is 0 Å². The lowest BCUT2D eigenvalue weighted by atomic mass is 10.1. The van der Waals surface area contributed by atoms with Crippen LogP contribution in [0.15, 0.2) is 60.9 Å². The zero-order valence-electron chi connectivity index (χ0n) is 29.6. The Hall–Kier alpha value is -5.76. The van der Waals surface area contributed by atoms with E-state index in [1.54, 1.807) is 48.5 Å². The molecule has 0 fully saturated rings. The van der Waals surface area contributed by atoms with Crippen molar-refractivity contribution in [1.82, 2.24) is 9.97 Å². The fourth-order valence-electron chi connectivity index (χ4n) is 5.64. The SMILES string of the molecule is COc1cc(Nc2c(C#N)cnc3cc(OCCCOc4cc5ncc(C#N)c(Nc6cc(OC)c(Cl)cc6Cl)c5cc4OC)c(OC)cc23)c(Cl)cc1Cl. The molecule has 16 heteroatoms. The minimum atomic E-state index is 0.266. The maximum atomic E-state index is 9.89. The van der Waals surface area contributed by atoms with Crippen LogP contribution in [0, 0.1) is 22.7 Å². The average Bonchev–Trinajstić information content (AvgIpc) is 3.19. The molecule has 2 N–H and O–H groups in total. The minimum Gasteiger partial charge on any atom is -0.495 e. The molecule has 0 atom stereocenters. The maximum absolute atomic E-state index is 9.89. The number of methoxy groups -OCH3 is 4. The maximum Gasteiger partial charge on any atom is 0.163 e. The van der Waals surface area contributed by atoms with Gasteiger partial charge in [0.15, 0.2) is 23.0 Å². The molecule has 0 saturated heterocycles. The highest BCUT2D eigenvalue weighted by molar-refractivity contribution is 6.38. The number of pyridine rings is 2. The van der Waals surface area contributed by atoms with Gasteiger partial charge in [-0.15, -0.1) is 0 Å². The number of fused-ring (bicyclic) bond motifs is 2. The first-order valence-electron chi connectivity index (χ1n) is 16.3. The van der Waals surface area contributed by atoms with E-state index in [0.717, 1.165) is 0 Å². The first-order valence-corrected chi connectivity index (χ1v) is 17.8. The third-order valence-electron chi connectivity index (χ3n) is 8.35. The summed E-state index contributed by atoms with van der Waals surface area (Å²) in [4.78, 5) is 8.97. The smallest absolute Gasteiger partial charge is 0.163 e. The molecular formula is C39H30Cl4N6O6. The number of benzene rings is 4. The zero-order chi connectivity index (χ0) is 39.2. The van der Waals surface area contributed by atoms with Crippen LogP contribution in [-0.2, 0) is 0 Å². The second-order valence-corrected chi connectivity index (χ2v) is 13.2. The van der Waals surface area contributed by atoms with Crippen molar-refractivity contribution in [3.05, 3.63) is 92.1 Å². The molecule has 2 aromatic heterocycles. The summed E-state index contributed by atoms with van der Waals surface area (Å²) in [6, 6.07) is 17.7. The molecule has 55 heavy (non-hydrogen) atoms. The van der Waals surface area contributed by atoms with Gasteiger partial charge in [-0.2, -0.15) is 10.5 Å². The third-order valence-corrected chi connectivity index (χ3v) is 9.57. The van der Waals surface area contributed by atoms with Crippen LogP contribution in [0.25, 0.3) is 21.8 Å². The summed E-state index contributed by atoms with van der Waals surface area (Å²) in [7, 11) is 6.04. The van der Waals surface area contributed by atoms with Gasteiger partial charge in [-0.25, -0.2) is 0 Å². The van der Waals surface area contributed by atoms with E-state index in [2.05, 4.69) is 32.7 Å². The fraction of sp³-hybridized carbons (Fsp3) is 0.179. The van der Waals surface area contributed by atoms with Crippen LogP contribution >= 0.6 is 46.4 Å². The Morgan fingerprint density at radius 3 is 1.29 bits per heavy atom. The molecule has 0 aliphatic heterocycles. The second kappa shape index (κ2) is 17.1. The number of hydrogen-bond donors (Lipinski definition) is 2. The van der Waals surface area contributed by atoms with E-state index in [4.69, 9.17) is 74.8 Å². The minimum absolute atomic E-state index is 0.266. The van der Waals surface area contributed by atoms with Crippen molar-refractivity contribution < 1.29 is 28.4 Å². The number of nitrogens with one attached hydrogen (secondary N) is 2. The van der Waals surface area contributed by atoms with E-state index in [1.165, 1.54) is 40.8 Å². The van der Waals surface area contributed by atoms with E-state index >= 15 is 0 Å². The molecular weight excluding hydrogens is 790 g/mol. The van der Waals surface area contributed by atoms with Gasteiger partial charge in [0, 0.05) is 53.9 Å². The van der Waals surface area contributed by atoms with Gasteiger partial charge < -0.3 is 39.1 Å². The van der Waals surface area contributed by atoms with Crippen LogP contribution in [0.5, 0.6) is 34.5 Å². The first kappa shape index (κ1) is 38.9. The molecule has 0 aliphatic rings. The molecule has 12 nitrogen and oxygen atoms in total. The summed E-state index contributed by atoms with van der Waals surface area (Å²) in [5.41, 5.74) is 3.57. The fourth-order valence-corrected chi connectivity index (χ4v) is 6.65. The molecule has 0 spiro atoms. The molecule has 0 aliphatic carbocycles. The quantitative estimate of drug-likeness (QED) is 0.101. The lowest BCUT2D eigenvalue weighted by Gasteiger charge is -2.17. The van der Waals surface area contributed by atoms with E-state index in [0.29, 0.717) is 106 Å². The van der Waals surface area contributed by atoms with Gasteiger partial charge in [-0.1, -0.05) is 46.4 Å². The van der Waals surface area contributed by atoms with Crippen molar-refractivity contribution in [3.63, 3.8) is 0 Å². The molecule has 6 rings (SSSR count). The van der Waals surface area contributed by atoms with Gasteiger partial charge in [-0.05, 0) is 24.3 Å². The number of anilines is 4. The van der Waals surface area contributed by atoms with Crippen LogP contribution in [0.3, 0.4) is 0 Å². The van der Waals surface area contributed by atoms with Crippen LogP contribution in [0.2, 0.25) is 20.1 Å². The number of nitrogens with zero attached hydrogens (tertiary/aromatic N) is 4. The van der Waals surface area contributed by atoms with Gasteiger partial charge >= 0.3 is 0 Å². The number of halogens is 4. The van der Waals surface area contributed by atoms with Gasteiger partial charge in [-0.3, -0.25) is 9.97 Å². The van der Waals surface area contributed by atoms with Crippen LogP contribution in [0.4, 0.5) is 22.7 Å². The van der Waals surface area contributed by atoms with E-state index in [9.17, 15) is 10.5 Å². The van der Waals surface area contributed by atoms with E-state index in [1.807, 2.05) is 0 Å². The molecule has 280 valence electrons. The summed E-state index contributed by atoms with van der Waals surface area (Å²) in [5.74, 6) is 2.57. The number of hydrogen-bond acceptors (Lipinski definition) is 12. The normalized spacial score (nSPS) is 10.7. The molecule has 0 saturated carbocycles. The summed E-state index contributed by atoms with van der Waals surface area (Å²) in [5, 5.41) is 28.8. The summed E-state index contributed by atoms with van der Waals surface area (Å²) >= 11 is 25.4. The number of nitriles is 2. The van der Waals surface area contributed by atoms with Crippen LogP contribution in [-0.4, -0.2) is 51.6 Å². The topological polar surface area (TPSA) is 153 Å². The molecule has 2 heterocycles. The Kier molecular flexibility index (Phi) is 12.1. The van der Waals surface area contributed by atoms with Gasteiger partial charge in [0.1, 0.15) is 23.6 Å². The molecule has 6 aromatic rings. The largest absolute Gasteiger partial charge is 0.495 e. The highest BCUT2D eigenvalue weighted by Crippen LogP contribution is 2.42. The molecule has 0 amide bonds. The molecule has 0 unspecified atom stereocenters. The van der Waals surface area contributed by atoms with E-state index in [-0.39, 0.29) is 24.3 Å². The third kappa shape index (κ3) is 8.19. The molecule has 0 bridgehead atoms. The molecule has 0 radical (unpaired) electrons. The summed E-state index contributed by atoms with van der Waals surface area (Å²) < 4.78 is 34.2. The Morgan fingerprint density at radius 2 is 0.927 bits per heavy atom. The predicted octanol–water partition coefficient (Wildman–Crippen LogP) is 10.5. The number of ether oxygens (including phenoxy) is 6. The highest BCUT2D eigenvalue weighted by atomic mass is 35.5. The van der Waals surface area contributed by atoms with Crippen molar-refractivity contribution >= 4 is 91.0 Å². The Balaban J connectivity index is 1.18. The Labute approximate surface area is 335 Å². The van der Waals surface area contributed by atoms with Gasteiger partial charge in [0.05, 0.1) is 107 Å². The standard InChI is InChI=1S/C39H30Cl4N6O6/c1-50-32-14-30(24(40)10-26(32)42)48-38-20(16-44)18-46-28-12-36(34(52-3)8-22(28)38)54-6-5-7-55-37-13-29-23(9-35(37)53-4)39(21(17-45)19-47-29)49-31-15-33(51-2)27(43)11-25(31)41/h8-15,18-19H,5-7H2,1-4H3,(H,46,48)(H,47,49). The lowest BCUT2D eigenvalue weighted by Crippen LogP contribution is -2.07. The Morgan fingerprint density at radius 1 is 0.527 bits per heavy atom. The van der Waals surface area contributed by atoms with Crippen molar-refractivity contribution in [2.24, 2.45) is 0 Å². The van der Waals surface area contributed by atoms with Crippen molar-refractivity contribution in [1.29, 1.82) is 10.5 Å². The summed E-state index contributed by atoms with van der Waals surface area (Å²) in [6.45, 7) is 0.533. The van der Waals surface area contributed by atoms with Crippen molar-refractivity contribution in [2.45, 2.75) is 6.42 Å². The van der Waals surface area contributed by atoms with Gasteiger partial charge in [0.2, 0.25) is 0 Å². The predicted molar refractivity (Wildman–Crippen MR) is 214 cm³/mol. The molecule has 4 aromatic carbocycles. The monoisotopic (exact) mass is 818 g/mol. The first-order chi connectivity index (χ1) is 26.6. The number of rotatable bonds is 14. The van der Waals surface area contributed by atoms with Crippen molar-refractivity contribution in [3.8, 4) is 46.6 Å². The average molecular weight is 821 g/mol. The van der Waals surface area contributed by atoms with Gasteiger partial charge in [0.25, 0.3) is 0 Å². The highest BCUT2D eigenvalue weighted by Gasteiger charge is 2.19. The number of aromatic nitrogens is 2.